The summed E-state index contributed by atoms with van der Waals surface area (Å²) in [6.45, 7) is 11.5. The van der Waals surface area contributed by atoms with E-state index in [1.165, 1.54) is 44.6 Å². The average molecular weight is 249 g/mol. The molecule has 1 N–H and O–H groups in total. The summed E-state index contributed by atoms with van der Waals surface area (Å²) in [7, 11) is 0. The van der Waals surface area contributed by atoms with Crippen LogP contribution in [0.1, 0.15) is 32.3 Å². The number of aromatic nitrogens is 1. The Morgan fingerprint density at radius 2 is 2.00 bits per heavy atom. The van der Waals surface area contributed by atoms with Gasteiger partial charge in [0.2, 0.25) is 0 Å². The fourth-order valence-corrected chi connectivity index (χ4v) is 2.72. The first kappa shape index (κ1) is 13.6. The first-order valence-corrected chi connectivity index (χ1v) is 7.39. The lowest BCUT2D eigenvalue weighted by Gasteiger charge is -2.31. The summed E-state index contributed by atoms with van der Waals surface area (Å²) < 4.78 is 2.23. The maximum absolute atomic E-state index is 3.61. The summed E-state index contributed by atoms with van der Waals surface area (Å²) in [5.74, 6) is 0.876. The Morgan fingerprint density at radius 1 is 1.22 bits per heavy atom. The Balaban J connectivity index is 1.63. The molecule has 0 atom stereocenters. The minimum absolute atomic E-state index is 0.876. The van der Waals surface area contributed by atoms with Crippen LogP contribution in [0.3, 0.4) is 0 Å². The minimum atomic E-state index is 0.876. The van der Waals surface area contributed by atoms with Crippen molar-refractivity contribution in [3.05, 3.63) is 24.0 Å². The van der Waals surface area contributed by atoms with Gasteiger partial charge in [-0.25, -0.2) is 0 Å². The Kier molecular flexibility index (Phi) is 5.26. The van der Waals surface area contributed by atoms with E-state index in [1.54, 1.807) is 0 Å². The number of hydrogen-bond acceptors (Lipinski definition) is 2. The molecule has 1 aromatic rings. The highest BCUT2D eigenvalue weighted by molar-refractivity contribution is 5.09. The van der Waals surface area contributed by atoms with E-state index in [1.807, 2.05) is 0 Å². The number of nitrogens with one attached hydrogen (secondary N) is 1. The van der Waals surface area contributed by atoms with E-state index in [0.29, 0.717) is 0 Å². The molecule has 0 saturated carbocycles. The second-order valence-corrected chi connectivity index (χ2v) is 5.36. The molecule has 0 unspecified atom stereocenters. The largest absolute Gasteiger partial charge is 0.354 e. The van der Waals surface area contributed by atoms with Crippen molar-refractivity contribution in [1.29, 1.82) is 0 Å². The van der Waals surface area contributed by atoms with E-state index in [-0.39, 0.29) is 0 Å². The zero-order valence-electron chi connectivity index (χ0n) is 11.9. The third kappa shape index (κ3) is 3.85. The van der Waals surface area contributed by atoms with Gasteiger partial charge in [0.1, 0.15) is 0 Å². The van der Waals surface area contributed by atoms with Crippen molar-refractivity contribution in [1.82, 2.24) is 14.8 Å². The van der Waals surface area contributed by atoms with Gasteiger partial charge in [-0.2, -0.15) is 0 Å². The number of hydrogen-bond donors (Lipinski definition) is 1. The molecule has 0 amide bonds. The predicted molar refractivity (Wildman–Crippen MR) is 76.7 cm³/mol. The average Bonchev–Trinajstić information content (AvgIpc) is 2.87. The molecule has 0 aromatic carbocycles. The molecule has 1 aliphatic rings. The Morgan fingerprint density at radius 3 is 2.61 bits per heavy atom. The summed E-state index contributed by atoms with van der Waals surface area (Å²) in [5.41, 5.74) is 1.41. The van der Waals surface area contributed by atoms with Gasteiger partial charge < -0.3 is 14.8 Å². The highest BCUT2D eigenvalue weighted by atomic mass is 15.1. The number of rotatable bonds is 6. The summed E-state index contributed by atoms with van der Waals surface area (Å²) in [6, 6.07) is 2.22. The molecule has 1 aromatic heterocycles. The zero-order valence-corrected chi connectivity index (χ0v) is 11.9. The smallest absolute Gasteiger partial charge is 0.0220 e. The van der Waals surface area contributed by atoms with E-state index < -0.39 is 0 Å². The Labute approximate surface area is 111 Å². The molecular formula is C15H27N3. The van der Waals surface area contributed by atoms with Crippen molar-refractivity contribution in [3.63, 3.8) is 0 Å². The molecule has 102 valence electrons. The van der Waals surface area contributed by atoms with Crippen LogP contribution in [0.5, 0.6) is 0 Å². The third-order valence-corrected chi connectivity index (χ3v) is 4.09. The summed E-state index contributed by atoms with van der Waals surface area (Å²) in [4.78, 5) is 2.55. The Bertz CT molecular complexity index is 337. The van der Waals surface area contributed by atoms with Gasteiger partial charge in [-0.15, -0.1) is 0 Å². The molecule has 1 fully saturated rings. The topological polar surface area (TPSA) is 20.2 Å². The standard InChI is InChI=1S/C15H27N3/c1-3-17-8-5-14(6-9-17)11-16-12-15-7-10-18(4-2)13-15/h7,10,13-14,16H,3-6,8-9,11-12H2,1-2H3. The molecule has 3 nitrogen and oxygen atoms in total. The number of nitrogens with zero attached hydrogens (tertiary/aromatic N) is 2. The van der Waals surface area contributed by atoms with Gasteiger partial charge in [-0.3, -0.25) is 0 Å². The van der Waals surface area contributed by atoms with Gasteiger partial charge in [0.05, 0.1) is 0 Å². The van der Waals surface area contributed by atoms with E-state index in [4.69, 9.17) is 0 Å². The molecule has 0 radical (unpaired) electrons. The third-order valence-electron chi connectivity index (χ3n) is 4.09. The molecule has 1 saturated heterocycles. The van der Waals surface area contributed by atoms with Crippen molar-refractivity contribution < 1.29 is 0 Å². The number of aryl methyl sites for hydroxylation is 1. The van der Waals surface area contributed by atoms with E-state index in [2.05, 4.69) is 47.1 Å². The Hall–Kier alpha value is -0.800. The summed E-state index contributed by atoms with van der Waals surface area (Å²) in [6.07, 6.45) is 7.12. The van der Waals surface area contributed by atoms with Gasteiger partial charge >= 0.3 is 0 Å². The van der Waals surface area contributed by atoms with Gasteiger partial charge in [-0.05, 0) is 63.5 Å². The van der Waals surface area contributed by atoms with Gasteiger partial charge in [-0.1, -0.05) is 6.92 Å². The quantitative estimate of drug-likeness (QED) is 0.835. The first-order chi connectivity index (χ1) is 8.81. The van der Waals surface area contributed by atoms with Crippen molar-refractivity contribution in [2.24, 2.45) is 5.92 Å². The minimum Gasteiger partial charge on any atom is -0.354 e. The SMILES string of the molecule is CCN1CCC(CNCc2ccn(CC)c2)CC1. The number of piperidine rings is 1. The fourth-order valence-electron chi connectivity index (χ4n) is 2.72. The molecule has 3 heteroatoms. The molecule has 18 heavy (non-hydrogen) atoms. The highest BCUT2D eigenvalue weighted by Crippen LogP contribution is 2.16. The maximum atomic E-state index is 3.61. The molecule has 2 rings (SSSR count). The van der Waals surface area contributed by atoms with Crippen molar-refractivity contribution >= 4 is 0 Å². The van der Waals surface area contributed by atoms with Crippen LogP contribution in [0.2, 0.25) is 0 Å². The second-order valence-electron chi connectivity index (χ2n) is 5.36. The van der Waals surface area contributed by atoms with E-state index >= 15 is 0 Å². The van der Waals surface area contributed by atoms with Crippen LogP contribution in [-0.2, 0) is 13.1 Å². The van der Waals surface area contributed by atoms with Crippen molar-refractivity contribution in [3.8, 4) is 0 Å². The maximum Gasteiger partial charge on any atom is 0.0220 e. The molecule has 0 bridgehead atoms. The molecule has 0 spiro atoms. The number of likely N-dealkylation sites (tertiary alicyclic amines) is 1. The van der Waals surface area contributed by atoms with Crippen LogP contribution >= 0.6 is 0 Å². The van der Waals surface area contributed by atoms with Crippen LogP contribution in [-0.4, -0.2) is 35.6 Å². The van der Waals surface area contributed by atoms with Gasteiger partial charge in [0.15, 0.2) is 0 Å². The van der Waals surface area contributed by atoms with Crippen LogP contribution in [0.25, 0.3) is 0 Å². The van der Waals surface area contributed by atoms with Crippen LogP contribution < -0.4 is 5.32 Å². The zero-order chi connectivity index (χ0) is 12.8. The lowest BCUT2D eigenvalue weighted by molar-refractivity contribution is 0.190. The van der Waals surface area contributed by atoms with Crippen molar-refractivity contribution in [2.75, 3.05) is 26.2 Å². The first-order valence-electron chi connectivity index (χ1n) is 7.39. The lowest BCUT2D eigenvalue weighted by atomic mass is 9.97. The molecule has 2 heterocycles. The van der Waals surface area contributed by atoms with E-state index in [0.717, 1.165) is 19.0 Å². The van der Waals surface area contributed by atoms with E-state index in [9.17, 15) is 0 Å². The van der Waals surface area contributed by atoms with Crippen LogP contribution in [0.4, 0.5) is 0 Å². The van der Waals surface area contributed by atoms with Gasteiger partial charge in [0, 0.05) is 25.5 Å². The summed E-state index contributed by atoms with van der Waals surface area (Å²) >= 11 is 0. The van der Waals surface area contributed by atoms with Gasteiger partial charge in [0.25, 0.3) is 0 Å². The van der Waals surface area contributed by atoms with Crippen molar-refractivity contribution in [2.45, 2.75) is 39.8 Å². The highest BCUT2D eigenvalue weighted by Gasteiger charge is 2.17. The molecule has 1 aliphatic heterocycles. The lowest BCUT2D eigenvalue weighted by Crippen LogP contribution is -2.36. The second kappa shape index (κ2) is 6.95. The normalized spacial score (nSPS) is 18.3. The predicted octanol–water partition coefficient (Wildman–Crippen LogP) is 2.33. The monoisotopic (exact) mass is 249 g/mol. The summed E-state index contributed by atoms with van der Waals surface area (Å²) in [5, 5.41) is 3.61. The molecular weight excluding hydrogens is 222 g/mol. The fraction of sp³-hybridized carbons (Fsp3) is 0.733. The van der Waals surface area contributed by atoms with Crippen LogP contribution in [0.15, 0.2) is 18.5 Å². The molecule has 0 aliphatic carbocycles. The van der Waals surface area contributed by atoms with Crippen LogP contribution in [0, 0.1) is 5.92 Å².